The van der Waals surface area contributed by atoms with Gasteiger partial charge in [-0.15, -0.1) is 11.6 Å². The van der Waals surface area contributed by atoms with Crippen LogP contribution in [0, 0.1) is 0 Å². The first-order chi connectivity index (χ1) is 4.88. The first kappa shape index (κ1) is 7.57. The monoisotopic (exact) mass is 161 g/mol. The van der Waals surface area contributed by atoms with Gasteiger partial charge in [-0.3, -0.25) is 0 Å². The van der Waals surface area contributed by atoms with Gasteiger partial charge in [0, 0.05) is 7.11 Å². The van der Waals surface area contributed by atoms with Crippen LogP contribution < -0.4 is 0 Å². The van der Waals surface area contributed by atoms with Crippen molar-refractivity contribution in [2.24, 2.45) is 0 Å². The van der Waals surface area contributed by atoms with Crippen LogP contribution >= 0.6 is 11.6 Å². The summed E-state index contributed by atoms with van der Waals surface area (Å²) in [6.07, 6.45) is 1.37. The fourth-order valence-corrected chi connectivity index (χ4v) is 0.874. The molecule has 0 N–H and O–H groups in total. The van der Waals surface area contributed by atoms with Gasteiger partial charge in [-0.2, -0.15) is 0 Å². The van der Waals surface area contributed by atoms with E-state index in [0.717, 1.165) is 5.69 Å². The van der Waals surface area contributed by atoms with Crippen molar-refractivity contribution in [2.75, 3.05) is 7.11 Å². The maximum atomic E-state index is 5.52. The molecule has 1 aromatic heterocycles. The summed E-state index contributed by atoms with van der Waals surface area (Å²) in [7, 11) is 1.60. The lowest BCUT2D eigenvalue weighted by atomic mass is 10.4. The molecule has 0 saturated heterocycles. The summed E-state index contributed by atoms with van der Waals surface area (Å²) < 4.78 is 9.79. The SMILES string of the molecule is COCc1ncoc1CCl. The predicted molar refractivity (Wildman–Crippen MR) is 36.8 cm³/mol. The molecular formula is C6H8ClNO2. The van der Waals surface area contributed by atoms with E-state index in [4.69, 9.17) is 20.8 Å². The number of methoxy groups -OCH3 is 1. The molecule has 0 aliphatic rings. The number of aromatic nitrogens is 1. The average Bonchev–Trinajstić information content (AvgIpc) is 2.36. The lowest BCUT2D eigenvalue weighted by molar-refractivity contribution is 0.180. The summed E-state index contributed by atoms with van der Waals surface area (Å²) in [6, 6.07) is 0. The zero-order chi connectivity index (χ0) is 7.40. The summed E-state index contributed by atoms with van der Waals surface area (Å²) in [5, 5.41) is 0. The molecule has 4 heteroatoms. The molecule has 0 fully saturated rings. The van der Waals surface area contributed by atoms with E-state index in [1.165, 1.54) is 6.39 Å². The van der Waals surface area contributed by atoms with E-state index in [0.29, 0.717) is 18.2 Å². The number of halogens is 1. The molecule has 0 radical (unpaired) electrons. The van der Waals surface area contributed by atoms with Gasteiger partial charge in [0.2, 0.25) is 0 Å². The van der Waals surface area contributed by atoms with Crippen molar-refractivity contribution in [2.45, 2.75) is 12.5 Å². The minimum Gasteiger partial charge on any atom is -0.447 e. The Kier molecular flexibility index (Phi) is 2.71. The Labute approximate surface area is 64.0 Å². The van der Waals surface area contributed by atoms with Crippen LogP contribution in [0.25, 0.3) is 0 Å². The van der Waals surface area contributed by atoms with Gasteiger partial charge in [0.05, 0.1) is 12.5 Å². The summed E-state index contributed by atoms with van der Waals surface area (Å²) in [6.45, 7) is 0.457. The number of rotatable bonds is 3. The highest BCUT2D eigenvalue weighted by Crippen LogP contribution is 2.09. The molecule has 0 aliphatic carbocycles. The van der Waals surface area contributed by atoms with Gasteiger partial charge in [-0.05, 0) is 0 Å². The quantitative estimate of drug-likeness (QED) is 0.632. The molecule has 0 amide bonds. The first-order valence-electron chi connectivity index (χ1n) is 2.84. The van der Waals surface area contributed by atoms with Crippen LogP contribution in [0.2, 0.25) is 0 Å². The van der Waals surface area contributed by atoms with Crippen LogP contribution in [0.4, 0.5) is 0 Å². The third kappa shape index (κ3) is 1.49. The van der Waals surface area contributed by atoms with Crippen LogP contribution in [0.1, 0.15) is 11.5 Å². The van der Waals surface area contributed by atoms with E-state index >= 15 is 0 Å². The number of nitrogens with zero attached hydrogens (tertiary/aromatic N) is 1. The van der Waals surface area contributed by atoms with Crippen LogP contribution in [0.15, 0.2) is 10.8 Å². The zero-order valence-electron chi connectivity index (χ0n) is 5.63. The standard InChI is InChI=1S/C6H8ClNO2/c1-9-3-5-6(2-7)10-4-8-5/h4H,2-3H2,1H3. The summed E-state index contributed by atoms with van der Waals surface area (Å²) in [5.41, 5.74) is 0.775. The van der Waals surface area contributed by atoms with Crippen molar-refractivity contribution in [3.63, 3.8) is 0 Å². The molecule has 0 saturated carbocycles. The Bertz CT molecular complexity index is 199. The first-order valence-corrected chi connectivity index (χ1v) is 3.38. The number of oxazole rings is 1. The molecule has 0 bridgehead atoms. The molecule has 0 unspecified atom stereocenters. The minimum atomic E-state index is 0.346. The highest BCUT2D eigenvalue weighted by atomic mass is 35.5. The van der Waals surface area contributed by atoms with Gasteiger partial charge in [-0.25, -0.2) is 4.98 Å². The van der Waals surface area contributed by atoms with Crippen molar-refractivity contribution < 1.29 is 9.15 Å². The van der Waals surface area contributed by atoms with Crippen molar-refractivity contribution in [1.29, 1.82) is 0 Å². The minimum absolute atomic E-state index is 0.346. The van der Waals surface area contributed by atoms with Crippen LogP contribution in [-0.2, 0) is 17.2 Å². The molecule has 10 heavy (non-hydrogen) atoms. The van der Waals surface area contributed by atoms with E-state index < -0.39 is 0 Å². The molecular weight excluding hydrogens is 154 g/mol. The molecule has 56 valence electrons. The fourth-order valence-electron chi connectivity index (χ4n) is 0.657. The summed E-state index contributed by atoms with van der Waals surface area (Å²) >= 11 is 5.52. The molecule has 0 spiro atoms. The topological polar surface area (TPSA) is 35.3 Å². The van der Waals surface area contributed by atoms with Gasteiger partial charge >= 0.3 is 0 Å². The maximum Gasteiger partial charge on any atom is 0.181 e. The number of alkyl halides is 1. The Balaban J connectivity index is 2.70. The average molecular weight is 162 g/mol. The van der Waals surface area contributed by atoms with Gasteiger partial charge in [0.15, 0.2) is 6.39 Å². The van der Waals surface area contributed by atoms with Gasteiger partial charge < -0.3 is 9.15 Å². The summed E-state index contributed by atoms with van der Waals surface area (Å²) in [4.78, 5) is 3.90. The highest BCUT2D eigenvalue weighted by Gasteiger charge is 2.04. The molecule has 0 atom stereocenters. The highest BCUT2D eigenvalue weighted by molar-refractivity contribution is 6.16. The Morgan fingerprint density at radius 3 is 3.20 bits per heavy atom. The van der Waals surface area contributed by atoms with Crippen molar-refractivity contribution >= 4 is 11.6 Å². The second-order valence-electron chi connectivity index (χ2n) is 1.79. The molecule has 0 aliphatic heterocycles. The smallest absolute Gasteiger partial charge is 0.181 e. The third-order valence-corrected chi connectivity index (χ3v) is 1.37. The molecule has 3 nitrogen and oxygen atoms in total. The van der Waals surface area contributed by atoms with E-state index in [2.05, 4.69) is 4.98 Å². The van der Waals surface area contributed by atoms with E-state index in [1.807, 2.05) is 0 Å². The van der Waals surface area contributed by atoms with Crippen LogP contribution in [-0.4, -0.2) is 12.1 Å². The molecule has 1 rings (SSSR count). The van der Waals surface area contributed by atoms with Gasteiger partial charge in [0.1, 0.15) is 11.5 Å². The number of ether oxygens (including phenoxy) is 1. The zero-order valence-corrected chi connectivity index (χ0v) is 6.39. The normalized spacial score (nSPS) is 10.2. The van der Waals surface area contributed by atoms with E-state index in [9.17, 15) is 0 Å². The van der Waals surface area contributed by atoms with Crippen LogP contribution in [0.5, 0.6) is 0 Å². The summed E-state index contributed by atoms with van der Waals surface area (Å²) in [5.74, 6) is 1.03. The molecule has 1 aromatic rings. The van der Waals surface area contributed by atoms with E-state index in [-0.39, 0.29) is 0 Å². The number of hydrogen-bond donors (Lipinski definition) is 0. The second kappa shape index (κ2) is 3.58. The Morgan fingerprint density at radius 1 is 1.80 bits per heavy atom. The number of hydrogen-bond acceptors (Lipinski definition) is 3. The lowest BCUT2D eigenvalue weighted by Gasteiger charge is -1.93. The van der Waals surface area contributed by atoms with E-state index in [1.54, 1.807) is 7.11 Å². The Hall–Kier alpha value is -0.540. The fraction of sp³-hybridized carbons (Fsp3) is 0.500. The maximum absolute atomic E-state index is 5.52. The van der Waals surface area contributed by atoms with Crippen LogP contribution in [0.3, 0.4) is 0 Å². The largest absolute Gasteiger partial charge is 0.447 e. The second-order valence-corrected chi connectivity index (χ2v) is 2.06. The van der Waals surface area contributed by atoms with Crippen molar-refractivity contribution in [1.82, 2.24) is 4.98 Å². The van der Waals surface area contributed by atoms with Gasteiger partial charge in [0.25, 0.3) is 0 Å². The predicted octanol–water partition coefficient (Wildman–Crippen LogP) is 1.56. The third-order valence-electron chi connectivity index (χ3n) is 1.13. The molecule has 0 aromatic carbocycles. The lowest BCUT2D eigenvalue weighted by Crippen LogP contribution is -1.90. The molecule has 1 heterocycles. The van der Waals surface area contributed by atoms with Crippen molar-refractivity contribution in [3.05, 3.63) is 17.8 Å². The Morgan fingerprint density at radius 2 is 2.60 bits per heavy atom. The van der Waals surface area contributed by atoms with Gasteiger partial charge in [-0.1, -0.05) is 0 Å². The van der Waals surface area contributed by atoms with Crippen molar-refractivity contribution in [3.8, 4) is 0 Å².